The Morgan fingerprint density at radius 3 is 2.55 bits per heavy atom. The van der Waals surface area contributed by atoms with Gasteiger partial charge in [0.1, 0.15) is 5.75 Å². The first-order chi connectivity index (χ1) is 13.8. The molecule has 156 valence electrons. The third-order valence-corrected chi connectivity index (χ3v) is 7.13. The van der Waals surface area contributed by atoms with E-state index in [1.54, 1.807) is 31.2 Å². The Kier molecular flexibility index (Phi) is 6.17. The fourth-order valence-electron chi connectivity index (χ4n) is 3.43. The lowest BCUT2D eigenvalue weighted by Crippen LogP contribution is -2.51. The van der Waals surface area contributed by atoms with E-state index in [4.69, 9.17) is 4.74 Å². The average Bonchev–Trinajstić information content (AvgIpc) is 2.73. The van der Waals surface area contributed by atoms with Gasteiger partial charge < -0.3 is 10.1 Å². The smallest absolute Gasteiger partial charge is 0.263 e. The number of fused-ring (bicyclic) bond motifs is 1. The number of para-hydroxylation sites is 2. The third kappa shape index (κ3) is 4.40. The molecule has 2 aromatic carbocycles. The third-order valence-electron chi connectivity index (χ3n) is 5.39. The molecule has 0 saturated heterocycles. The minimum atomic E-state index is -3.52. The maximum Gasteiger partial charge on any atom is 0.263 e. The molecule has 1 amide bonds. The summed E-state index contributed by atoms with van der Waals surface area (Å²) in [5.41, 5.74) is 3.86. The van der Waals surface area contributed by atoms with Crippen molar-refractivity contribution in [1.82, 2.24) is 5.32 Å². The summed E-state index contributed by atoms with van der Waals surface area (Å²) in [5, 5.41) is 3.03. The SMILES string of the molecule is CCC(NC(=O)C1CN(S(=O)(=O)CC)c2ccccc2O1)c1ccc(C)c(C)c1. The van der Waals surface area contributed by atoms with Gasteiger partial charge in [-0.1, -0.05) is 37.3 Å². The standard InChI is InChI=1S/C22H28N2O4S/c1-5-18(17-12-11-15(3)16(4)13-17)23-22(25)21-14-24(29(26,27)6-2)19-9-7-8-10-20(19)28-21/h7-13,18,21H,5-6,14H2,1-4H3,(H,23,25). The molecule has 2 unspecified atom stereocenters. The predicted octanol–water partition coefficient (Wildman–Crippen LogP) is 3.49. The molecule has 0 aliphatic carbocycles. The molecule has 0 aromatic heterocycles. The van der Waals surface area contributed by atoms with Crippen molar-refractivity contribution in [3.63, 3.8) is 0 Å². The largest absolute Gasteiger partial charge is 0.476 e. The zero-order valence-electron chi connectivity index (χ0n) is 17.3. The number of amides is 1. The molecule has 1 aliphatic rings. The van der Waals surface area contributed by atoms with Crippen molar-refractivity contribution in [3.05, 3.63) is 59.2 Å². The number of carbonyl (C=O) groups excluding carboxylic acids is 1. The van der Waals surface area contributed by atoms with Crippen LogP contribution in [0.25, 0.3) is 0 Å². The number of rotatable bonds is 6. The molecule has 0 spiro atoms. The summed E-state index contributed by atoms with van der Waals surface area (Å²) >= 11 is 0. The van der Waals surface area contributed by atoms with Gasteiger partial charge in [0.25, 0.3) is 5.91 Å². The van der Waals surface area contributed by atoms with E-state index in [2.05, 4.69) is 18.3 Å². The number of anilines is 1. The number of nitrogens with zero attached hydrogens (tertiary/aromatic N) is 1. The van der Waals surface area contributed by atoms with Crippen molar-refractivity contribution >= 4 is 21.6 Å². The molecule has 1 aliphatic heterocycles. The van der Waals surface area contributed by atoms with E-state index >= 15 is 0 Å². The molecule has 3 rings (SSSR count). The van der Waals surface area contributed by atoms with Gasteiger partial charge in [0, 0.05) is 0 Å². The average molecular weight is 417 g/mol. The molecular formula is C22H28N2O4S. The molecular weight excluding hydrogens is 388 g/mol. The predicted molar refractivity (Wildman–Crippen MR) is 115 cm³/mol. The Morgan fingerprint density at radius 2 is 1.90 bits per heavy atom. The van der Waals surface area contributed by atoms with E-state index in [9.17, 15) is 13.2 Å². The van der Waals surface area contributed by atoms with Crippen molar-refractivity contribution in [3.8, 4) is 5.75 Å². The van der Waals surface area contributed by atoms with Gasteiger partial charge in [-0.25, -0.2) is 8.42 Å². The van der Waals surface area contributed by atoms with Crippen LogP contribution in [-0.2, 0) is 14.8 Å². The van der Waals surface area contributed by atoms with E-state index in [0.29, 0.717) is 17.9 Å². The summed E-state index contributed by atoms with van der Waals surface area (Å²) in [6.07, 6.45) is -0.194. The van der Waals surface area contributed by atoms with Gasteiger partial charge in [0.2, 0.25) is 10.0 Å². The van der Waals surface area contributed by atoms with Crippen molar-refractivity contribution < 1.29 is 17.9 Å². The van der Waals surface area contributed by atoms with Gasteiger partial charge in [-0.3, -0.25) is 9.10 Å². The Morgan fingerprint density at radius 1 is 1.17 bits per heavy atom. The van der Waals surface area contributed by atoms with E-state index in [1.165, 1.54) is 15.4 Å². The van der Waals surface area contributed by atoms with E-state index in [0.717, 1.165) is 5.56 Å². The van der Waals surface area contributed by atoms with Crippen molar-refractivity contribution in [2.24, 2.45) is 0 Å². The highest BCUT2D eigenvalue weighted by atomic mass is 32.2. The molecule has 2 atom stereocenters. The van der Waals surface area contributed by atoms with Gasteiger partial charge in [-0.05, 0) is 56.0 Å². The Bertz CT molecular complexity index is 1000. The second-order valence-electron chi connectivity index (χ2n) is 7.32. The summed E-state index contributed by atoms with van der Waals surface area (Å²) in [7, 11) is -3.52. The van der Waals surface area contributed by atoms with Crippen LogP contribution in [0.3, 0.4) is 0 Å². The van der Waals surface area contributed by atoms with E-state index in [1.807, 2.05) is 26.0 Å². The molecule has 7 heteroatoms. The van der Waals surface area contributed by atoms with Crippen LogP contribution in [0.5, 0.6) is 5.75 Å². The zero-order chi connectivity index (χ0) is 21.2. The van der Waals surface area contributed by atoms with Gasteiger partial charge in [0.05, 0.1) is 24.0 Å². The quantitative estimate of drug-likeness (QED) is 0.782. The van der Waals surface area contributed by atoms with Crippen LogP contribution in [0.15, 0.2) is 42.5 Å². The van der Waals surface area contributed by atoms with Crippen LogP contribution in [0.4, 0.5) is 5.69 Å². The lowest BCUT2D eigenvalue weighted by Gasteiger charge is -2.35. The maximum atomic E-state index is 13.0. The van der Waals surface area contributed by atoms with Gasteiger partial charge in [-0.15, -0.1) is 0 Å². The zero-order valence-corrected chi connectivity index (χ0v) is 18.1. The van der Waals surface area contributed by atoms with Crippen LogP contribution in [0.2, 0.25) is 0 Å². The van der Waals surface area contributed by atoms with E-state index < -0.39 is 16.1 Å². The van der Waals surface area contributed by atoms with Crippen LogP contribution in [0.1, 0.15) is 43.0 Å². The first-order valence-electron chi connectivity index (χ1n) is 9.90. The molecule has 1 heterocycles. The molecule has 29 heavy (non-hydrogen) atoms. The van der Waals surface area contributed by atoms with Gasteiger partial charge in [0.15, 0.2) is 6.10 Å². The molecule has 6 nitrogen and oxygen atoms in total. The summed E-state index contributed by atoms with van der Waals surface area (Å²) in [4.78, 5) is 13.0. The van der Waals surface area contributed by atoms with Crippen LogP contribution >= 0.6 is 0 Å². The van der Waals surface area contributed by atoms with Crippen LogP contribution in [0, 0.1) is 13.8 Å². The fourth-order valence-corrected chi connectivity index (χ4v) is 4.55. The maximum absolute atomic E-state index is 13.0. The normalized spacial score (nSPS) is 17.2. The second-order valence-corrected chi connectivity index (χ2v) is 9.50. The van der Waals surface area contributed by atoms with Crippen molar-refractivity contribution in [1.29, 1.82) is 0 Å². The van der Waals surface area contributed by atoms with Crippen LogP contribution in [-0.4, -0.2) is 32.7 Å². The lowest BCUT2D eigenvalue weighted by molar-refractivity contribution is -0.128. The van der Waals surface area contributed by atoms with Crippen molar-refractivity contribution in [2.75, 3.05) is 16.6 Å². The highest BCUT2D eigenvalue weighted by Crippen LogP contribution is 2.35. The monoisotopic (exact) mass is 416 g/mol. The summed E-state index contributed by atoms with van der Waals surface area (Å²) in [5.74, 6) is 0.0339. The topological polar surface area (TPSA) is 75.7 Å². The number of benzene rings is 2. The summed E-state index contributed by atoms with van der Waals surface area (Å²) < 4.78 is 32.3. The van der Waals surface area contributed by atoms with Gasteiger partial charge >= 0.3 is 0 Å². The van der Waals surface area contributed by atoms with Crippen LogP contribution < -0.4 is 14.4 Å². The Hall–Kier alpha value is -2.54. The van der Waals surface area contributed by atoms with E-state index in [-0.39, 0.29) is 24.2 Å². The number of hydrogen-bond donors (Lipinski definition) is 1. The summed E-state index contributed by atoms with van der Waals surface area (Å²) in [6, 6.07) is 12.9. The summed E-state index contributed by atoms with van der Waals surface area (Å²) in [6.45, 7) is 7.65. The molecule has 0 fully saturated rings. The number of carbonyl (C=O) groups is 1. The minimum Gasteiger partial charge on any atom is -0.476 e. The minimum absolute atomic E-state index is 0.0393. The number of aryl methyl sites for hydroxylation is 2. The highest BCUT2D eigenvalue weighted by molar-refractivity contribution is 7.92. The first kappa shape index (κ1) is 21.2. The molecule has 0 radical (unpaired) electrons. The number of nitrogens with one attached hydrogen (secondary N) is 1. The van der Waals surface area contributed by atoms with Crippen molar-refractivity contribution in [2.45, 2.75) is 46.3 Å². The molecule has 0 saturated carbocycles. The molecule has 2 aromatic rings. The number of sulfonamides is 1. The lowest BCUT2D eigenvalue weighted by atomic mass is 9.99. The molecule has 1 N–H and O–H groups in total. The fraction of sp³-hybridized carbons (Fsp3) is 0.409. The highest BCUT2D eigenvalue weighted by Gasteiger charge is 2.36. The Labute approximate surface area is 172 Å². The second kappa shape index (κ2) is 8.45. The van der Waals surface area contributed by atoms with Gasteiger partial charge in [-0.2, -0.15) is 0 Å². The first-order valence-corrected chi connectivity index (χ1v) is 11.5. The number of hydrogen-bond acceptors (Lipinski definition) is 4. The number of ether oxygens (including phenoxy) is 1. The molecule has 0 bridgehead atoms. The Balaban J connectivity index is 1.84.